The van der Waals surface area contributed by atoms with E-state index < -0.39 is 5.82 Å². The van der Waals surface area contributed by atoms with E-state index in [1.165, 1.54) is 36.5 Å². The second-order valence-corrected chi connectivity index (χ2v) is 7.35. The fourth-order valence-corrected chi connectivity index (χ4v) is 4.08. The number of thiazole rings is 1. The van der Waals surface area contributed by atoms with Crippen molar-refractivity contribution in [3.63, 3.8) is 0 Å². The van der Waals surface area contributed by atoms with Crippen LogP contribution >= 0.6 is 11.3 Å². The van der Waals surface area contributed by atoms with Crippen molar-refractivity contribution >= 4 is 32.6 Å². The Bertz CT molecular complexity index is 1200. The number of carbonyl (C=O) groups excluding carboxylic acids is 1. The van der Waals surface area contributed by atoms with Crippen molar-refractivity contribution in [2.45, 2.75) is 6.54 Å². The molecule has 0 unspecified atom stereocenters. The van der Waals surface area contributed by atoms with Crippen molar-refractivity contribution < 1.29 is 18.7 Å². The standard InChI is InChI=1S/C22H18FN3O3S/c1-28-17-10-5-8-15(20(17)29-2)21(27)26(13-14-7-3-4-12-24-14)22-25-19-16(23)9-6-11-18(19)30-22/h3-12H,13H2,1-2H3. The van der Waals surface area contributed by atoms with Crippen molar-refractivity contribution in [3.05, 3.63) is 77.9 Å². The van der Waals surface area contributed by atoms with E-state index in [1.54, 1.807) is 42.6 Å². The van der Waals surface area contributed by atoms with Crippen LogP contribution in [0.2, 0.25) is 0 Å². The van der Waals surface area contributed by atoms with Crippen LogP contribution < -0.4 is 14.4 Å². The number of fused-ring (bicyclic) bond motifs is 1. The number of methoxy groups -OCH3 is 2. The topological polar surface area (TPSA) is 64.5 Å². The van der Waals surface area contributed by atoms with E-state index in [4.69, 9.17) is 9.47 Å². The summed E-state index contributed by atoms with van der Waals surface area (Å²) in [5, 5.41) is 0.371. The summed E-state index contributed by atoms with van der Waals surface area (Å²) in [6.07, 6.45) is 1.65. The zero-order chi connectivity index (χ0) is 21.1. The minimum Gasteiger partial charge on any atom is -0.493 e. The Balaban J connectivity index is 1.83. The lowest BCUT2D eigenvalue weighted by Gasteiger charge is -2.21. The molecule has 0 aliphatic carbocycles. The summed E-state index contributed by atoms with van der Waals surface area (Å²) in [7, 11) is 2.98. The first-order valence-electron chi connectivity index (χ1n) is 9.10. The molecule has 0 spiro atoms. The van der Waals surface area contributed by atoms with Gasteiger partial charge in [-0.2, -0.15) is 0 Å². The molecule has 0 fully saturated rings. The molecule has 0 aliphatic rings. The normalized spacial score (nSPS) is 10.8. The van der Waals surface area contributed by atoms with Gasteiger partial charge in [0.1, 0.15) is 11.3 Å². The highest BCUT2D eigenvalue weighted by atomic mass is 32.1. The first-order chi connectivity index (χ1) is 14.6. The minimum atomic E-state index is -0.431. The summed E-state index contributed by atoms with van der Waals surface area (Å²) in [5.41, 5.74) is 1.22. The van der Waals surface area contributed by atoms with E-state index in [9.17, 15) is 9.18 Å². The molecule has 0 radical (unpaired) electrons. The molecule has 0 atom stereocenters. The number of anilines is 1. The van der Waals surface area contributed by atoms with E-state index in [-0.39, 0.29) is 18.0 Å². The van der Waals surface area contributed by atoms with Gasteiger partial charge >= 0.3 is 0 Å². The number of hydrogen-bond acceptors (Lipinski definition) is 6. The highest BCUT2D eigenvalue weighted by Crippen LogP contribution is 2.35. The molecule has 6 nitrogen and oxygen atoms in total. The van der Waals surface area contributed by atoms with Gasteiger partial charge in [0, 0.05) is 6.20 Å². The number of carbonyl (C=O) groups is 1. The SMILES string of the molecule is COc1cccc(C(=O)N(Cc2ccccn2)c2nc3c(F)cccc3s2)c1OC. The fraction of sp³-hybridized carbons (Fsp3) is 0.136. The van der Waals surface area contributed by atoms with Gasteiger partial charge in [-0.3, -0.25) is 14.7 Å². The molecule has 2 aromatic heterocycles. The first-order valence-corrected chi connectivity index (χ1v) is 9.92. The molecule has 0 saturated carbocycles. The number of halogens is 1. The highest BCUT2D eigenvalue weighted by molar-refractivity contribution is 7.22. The van der Waals surface area contributed by atoms with Crippen LogP contribution in [0.5, 0.6) is 11.5 Å². The third-order valence-corrected chi connectivity index (χ3v) is 5.56. The summed E-state index contributed by atoms with van der Waals surface area (Å²) in [6, 6.07) is 15.3. The molecule has 1 amide bonds. The Hall–Kier alpha value is -3.52. The maximum absolute atomic E-state index is 14.2. The molecule has 2 aromatic carbocycles. The second kappa shape index (κ2) is 8.46. The van der Waals surface area contributed by atoms with Crippen molar-refractivity contribution in [2.24, 2.45) is 0 Å². The zero-order valence-electron chi connectivity index (χ0n) is 16.3. The van der Waals surface area contributed by atoms with Crippen LogP contribution in [0.25, 0.3) is 10.2 Å². The molecule has 0 N–H and O–H groups in total. The van der Waals surface area contributed by atoms with E-state index in [0.717, 1.165) is 0 Å². The van der Waals surface area contributed by atoms with Crippen LogP contribution in [0.1, 0.15) is 16.1 Å². The number of benzene rings is 2. The number of para-hydroxylation sites is 2. The van der Waals surface area contributed by atoms with Crippen molar-refractivity contribution in [1.29, 1.82) is 0 Å². The molecule has 0 aliphatic heterocycles. The van der Waals surface area contributed by atoms with Gasteiger partial charge in [-0.05, 0) is 36.4 Å². The van der Waals surface area contributed by atoms with Gasteiger partial charge in [0.2, 0.25) is 0 Å². The molecule has 152 valence electrons. The molecule has 2 heterocycles. The Morgan fingerprint density at radius 3 is 2.60 bits per heavy atom. The number of aromatic nitrogens is 2. The average molecular weight is 423 g/mol. The van der Waals surface area contributed by atoms with E-state index >= 15 is 0 Å². The zero-order valence-corrected chi connectivity index (χ0v) is 17.1. The quantitative estimate of drug-likeness (QED) is 0.450. The average Bonchev–Trinajstić information content (AvgIpc) is 3.22. The summed E-state index contributed by atoms with van der Waals surface area (Å²) in [5.74, 6) is -0.0187. The minimum absolute atomic E-state index is 0.168. The molecule has 4 aromatic rings. The molecule has 8 heteroatoms. The predicted molar refractivity (Wildman–Crippen MR) is 114 cm³/mol. The molecular weight excluding hydrogens is 405 g/mol. The van der Waals surface area contributed by atoms with Crippen LogP contribution in [-0.2, 0) is 6.54 Å². The fourth-order valence-electron chi connectivity index (χ4n) is 3.10. The van der Waals surface area contributed by atoms with Gasteiger partial charge < -0.3 is 9.47 Å². The van der Waals surface area contributed by atoms with Crippen LogP contribution in [0, 0.1) is 5.82 Å². The van der Waals surface area contributed by atoms with Gasteiger partial charge in [0.15, 0.2) is 16.6 Å². The maximum atomic E-state index is 14.2. The monoisotopic (exact) mass is 423 g/mol. The third-order valence-electron chi connectivity index (χ3n) is 4.51. The van der Waals surface area contributed by atoms with E-state index in [0.29, 0.717) is 32.6 Å². The lowest BCUT2D eigenvalue weighted by molar-refractivity contribution is 0.0981. The van der Waals surface area contributed by atoms with Crippen LogP contribution in [0.4, 0.5) is 9.52 Å². The summed E-state index contributed by atoms with van der Waals surface area (Å²) >= 11 is 1.24. The molecule has 30 heavy (non-hydrogen) atoms. The van der Waals surface area contributed by atoms with Crippen molar-refractivity contribution in [2.75, 3.05) is 19.1 Å². The van der Waals surface area contributed by atoms with Gasteiger partial charge in [0.05, 0.1) is 36.7 Å². The summed E-state index contributed by atoms with van der Waals surface area (Å²) in [6.45, 7) is 0.168. The van der Waals surface area contributed by atoms with Gasteiger partial charge in [0.25, 0.3) is 5.91 Å². The summed E-state index contributed by atoms with van der Waals surface area (Å²) < 4.78 is 25.6. The summed E-state index contributed by atoms with van der Waals surface area (Å²) in [4.78, 5) is 23.8. The number of nitrogens with zero attached hydrogens (tertiary/aromatic N) is 3. The van der Waals surface area contributed by atoms with Gasteiger partial charge in [-0.25, -0.2) is 9.37 Å². The number of pyridine rings is 1. The van der Waals surface area contributed by atoms with Crippen molar-refractivity contribution in [1.82, 2.24) is 9.97 Å². The Morgan fingerprint density at radius 1 is 1.07 bits per heavy atom. The Labute approximate surface area is 176 Å². The van der Waals surface area contributed by atoms with Crippen LogP contribution in [-0.4, -0.2) is 30.1 Å². The Kier molecular flexibility index (Phi) is 5.58. The predicted octanol–water partition coefficient (Wildman–Crippen LogP) is 4.69. The molecular formula is C22H18FN3O3S. The van der Waals surface area contributed by atoms with E-state index in [2.05, 4.69) is 9.97 Å². The third kappa shape index (κ3) is 3.69. The van der Waals surface area contributed by atoms with Crippen LogP contribution in [0.3, 0.4) is 0 Å². The van der Waals surface area contributed by atoms with Gasteiger partial charge in [-0.15, -0.1) is 0 Å². The largest absolute Gasteiger partial charge is 0.493 e. The van der Waals surface area contributed by atoms with E-state index in [1.807, 2.05) is 12.1 Å². The van der Waals surface area contributed by atoms with Crippen LogP contribution in [0.15, 0.2) is 60.8 Å². The highest BCUT2D eigenvalue weighted by Gasteiger charge is 2.26. The first kappa shape index (κ1) is 19.8. The maximum Gasteiger partial charge on any atom is 0.264 e. The number of rotatable bonds is 6. The number of amides is 1. The molecule has 0 bridgehead atoms. The lowest BCUT2D eigenvalue weighted by Crippen LogP contribution is -2.31. The Morgan fingerprint density at radius 2 is 1.90 bits per heavy atom. The number of hydrogen-bond donors (Lipinski definition) is 0. The molecule has 4 rings (SSSR count). The smallest absolute Gasteiger partial charge is 0.264 e. The van der Waals surface area contributed by atoms with Crippen molar-refractivity contribution in [3.8, 4) is 11.5 Å². The lowest BCUT2D eigenvalue weighted by atomic mass is 10.1. The second-order valence-electron chi connectivity index (χ2n) is 6.34. The van der Waals surface area contributed by atoms with Gasteiger partial charge in [-0.1, -0.05) is 29.5 Å². The number of ether oxygens (including phenoxy) is 2. The molecule has 0 saturated heterocycles.